The van der Waals surface area contributed by atoms with E-state index in [1.54, 1.807) is 0 Å². The maximum atomic E-state index is 13.6. The Kier molecular flexibility index (Phi) is 3.33. The Hall–Kier alpha value is -2.24. The number of nitrogen functional groups attached to an aromatic ring is 1. The molecule has 0 atom stereocenters. The van der Waals surface area contributed by atoms with E-state index in [1.165, 1.54) is 30.3 Å². The fourth-order valence-corrected chi connectivity index (χ4v) is 1.67. The summed E-state index contributed by atoms with van der Waals surface area (Å²) in [5.41, 5.74) is 6.39. The van der Waals surface area contributed by atoms with Crippen LogP contribution in [0.4, 0.5) is 23.2 Å². The minimum atomic E-state index is -4.75. The summed E-state index contributed by atoms with van der Waals surface area (Å²) in [7, 11) is 0. The van der Waals surface area contributed by atoms with Crippen LogP contribution in [-0.2, 0) is 0 Å². The van der Waals surface area contributed by atoms with Crippen LogP contribution in [0.15, 0.2) is 42.5 Å². The lowest BCUT2D eigenvalue weighted by molar-refractivity contribution is -0.274. The molecule has 0 amide bonds. The van der Waals surface area contributed by atoms with E-state index < -0.39 is 12.2 Å². The van der Waals surface area contributed by atoms with Gasteiger partial charge < -0.3 is 10.5 Å². The third kappa shape index (κ3) is 3.15. The number of nitrogens with two attached hydrogens (primary N) is 1. The first-order valence-corrected chi connectivity index (χ1v) is 5.27. The van der Waals surface area contributed by atoms with Gasteiger partial charge in [0.2, 0.25) is 0 Å². The summed E-state index contributed by atoms with van der Waals surface area (Å²) in [5, 5.41) is 0. The molecule has 2 aromatic rings. The zero-order valence-electron chi connectivity index (χ0n) is 9.54. The molecule has 0 fully saturated rings. The maximum absolute atomic E-state index is 13.6. The predicted molar refractivity (Wildman–Crippen MR) is 62.9 cm³/mol. The van der Waals surface area contributed by atoms with Crippen molar-refractivity contribution in [3.63, 3.8) is 0 Å². The van der Waals surface area contributed by atoms with E-state index in [4.69, 9.17) is 5.73 Å². The number of alkyl halides is 3. The molecule has 2 aromatic carbocycles. The van der Waals surface area contributed by atoms with Crippen LogP contribution in [0.3, 0.4) is 0 Å². The number of rotatable bonds is 2. The highest BCUT2D eigenvalue weighted by molar-refractivity contribution is 5.77. The van der Waals surface area contributed by atoms with Crippen LogP contribution in [0.2, 0.25) is 0 Å². The molecule has 0 radical (unpaired) electrons. The van der Waals surface area contributed by atoms with E-state index in [9.17, 15) is 17.6 Å². The first kappa shape index (κ1) is 13.2. The van der Waals surface area contributed by atoms with Gasteiger partial charge in [-0.25, -0.2) is 4.39 Å². The minimum absolute atomic E-state index is 0.154. The van der Waals surface area contributed by atoms with Crippen molar-refractivity contribution >= 4 is 5.69 Å². The Morgan fingerprint density at radius 1 is 0.947 bits per heavy atom. The molecule has 0 aromatic heterocycles. The molecule has 6 heteroatoms. The first-order chi connectivity index (χ1) is 8.87. The molecule has 0 aliphatic carbocycles. The predicted octanol–water partition coefficient (Wildman–Crippen LogP) is 3.97. The summed E-state index contributed by atoms with van der Waals surface area (Å²) in [5.74, 6) is -0.907. The molecule has 19 heavy (non-hydrogen) atoms. The molecular weight excluding hydrogens is 262 g/mol. The van der Waals surface area contributed by atoms with Gasteiger partial charge in [-0.1, -0.05) is 18.2 Å². The Labute approximate surface area is 106 Å². The smallest absolute Gasteiger partial charge is 0.406 e. The van der Waals surface area contributed by atoms with Crippen molar-refractivity contribution in [2.45, 2.75) is 6.36 Å². The zero-order chi connectivity index (χ0) is 14.0. The second-order valence-electron chi connectivity index (χ2n) is 3.78. The quantitative estimate of drug-likeness (QED) is 0.662. The van der Waals surface area contributed by atoms with Crippen molar-refractivity contribution in [3.8, 4) is 16.9 Å². The van der Waals surface area contributed by atoms with E-state index in [0.717, 1.165) is 12.1 Å². The van der Waals surface area contributed by atoms with Crippen LogP contribution in [0, 0.1) is 5.82 Å². The lowest BCUT2D eigenvalue weighted by Crippen LogP contribution is -2.16. The van der Waals surface area contributed by atoms with Crippen LogP contribution in [0.5, 0.6) is 5.75 Å². The number of halogens is 4. The molecule has 0 spiro atoms. The van der Waals surface area contributed by atoms with Crippen molar-refractivity contribution < 1.29 is 22.3 Å². The lowest BCUT2D eigenvalue weighted by atomic mass is 10.0. The number of benzene rings is 2. The number of hydrogen-bond donors (Lipinski definition) is 1. The Bertz CT molecular complexity index is 558. The van der Waals surface area contributed by atoms with Crippen molar-refractivity contribution in [3.05, 3.63) is 48.3 Å². The highest BCUT2D eigenvalue weighted by Crippen LogP contribution is 2.31. The van der Waals surface area contributed by atoms with Gasteiger partial charge in [0.25, 0.3) is 0 Å². The van der Waals surface area contributed by atoms with Crippen LogP contribution in [-0.4, -0.2) is 6.36 Å². The molecule has 0 bridgehead atoms. The van der Waals surface area contributed by atoms with Gasteiger partial charge in [0, 0.05) is 11.3 Å². The summed E-state index contributed by atoms with van der Waals surface area (Å²) < 4.78 is 53.3. The van der Waals surface area contributed by atoms with E-state index in [1.807, 2.05) is 0 Å². The van der Waals surface area contributed by atoms with E-state index >= 15 is 0 Å². The molecule has 0 heterocycles. The fourth-order valence-electron chi connectivity index (χ4n) is 1.67. The van der Waals surface area contributed by atoms with E-state index in [0.29, 0.717) is 5.56 Å². The molecule has 2 N–H and O–H groups in total. The molecule has 0 aliphatic rings. The van der Waals surface area contributed by atoms with E-state index in [2.05, 4.69) is 4.74 Å². The topological polar surface area (TPSA) is 35.2 Å². The lowest BCUT2D eigenvalue weighted by Gasteiger charge is -2.10. The third-order valence-corrected chi connectivity index (χ3v) is 2.42. The summed E-state index contributed by atoms with van der Waals surface area (Å²) in [6.45, 7) is 0. The summed E-state index contributed by atoms with van der Waals surface area (Å²) >= 11 is 0. The van der Waals surface area contributed by atoms with E-state index in [-0.39, 0.29) is 17.0 Å². The Morgan fingerprint density at radius 2 is 1.58 bits per heavy atom. The molecule has 100 valence electrons. The molecule has 2 nitrogen and oxygen atoms in total. The minimum Gasteiger partial charge on any atom is -0.406 e. The standard InChI is InChI=1S/C13H9F4NO/c14-10-2-1-3-11(18)12(10)8-4-6-9(7-5-8)19-13(15,16)17/h1-7H,18H2. The van der Waals surface area contributed by atoms with Crippen molar-refractivity contribution in [1.29, 1.82) is 0 Å². The van der Waals surface area contributed by atoms with Gasteiger partial charge in [0.15, 0.2) is 0 Å². The number of ether oxygens (including phenoxy) is 1. The highest BCUT2D eigenvalue weighted by Gasteiger charge is 2.31. The third-order valence-electron chi connectivity index (χ3n) is 2.42. The average molecular weight is 271 g/mol. The van der Waals surface area contributed by atoms with Gasteiger partial charge in [0.1, 0.15) is 11.6 Å². The van der Waals surface area contributed by atoms with Gasteiger partial charge in [-0.3, -0.25) is 0 Å². The van der Waals surface area contributed by atoms with Crippen LogP contribution >= 0.6 is 0 Å². The summed E-state index contributed by atoms with van der Waals surface area (Å²) in [4.78, 5) is 0. The molecule has 0 saturated heterocycles. The Balaban J connectivity index is 2.33. The van der Waals surface area contributed by atoms with Gasteiger partial charge in [-0.2, -0.15) is 0 Å². The monoisotopic (exact) mass is 271 g/mol. The second-order valence-corrected chi connectivity index (χ2v) is 3.78. The molecular formula is C13H9F4NO. The van der Waals surface area contributed by atoms with Gasteiger partial charge >= 0.3 is 6.36 Å². The zero-order valence-corrected chi connectivity index (χ0v) is 9.54. The molecule has 2 rings (SSSR count). The number of anilines is 1. The van der Waals surface area contributed by atoms with Gasteiger partial charge in [-0.15, -0.1) is 13.2 Å². The Morgan fingerprint density at radius 3 is 2.11 bits per heavy atom. The molecule has 0 aliphatic heterocycles. The van der Waals surface area contributed by atoms with Crippen molar-refractivity contribution in [2.75, 3.05) is 5.73 Å². The van der Waals surface area contributed by atoms with Crippen LogP contribution in [0.1, 0.15) is 0 Å². The highest BCUT2D eigenvalue weighted by atomic mass is 19.4. The maximum Gasteiger partial charge on any atom is 0.573 e. The van der Waals surface area contributed by atoms with Gasteiger partial charge in [0.05, 0.1) is 0 Å². The van der Waals surface area contributed by atoms with Gasteiger partial charge in [-0.05, 0) is 29.8 Å². The van der Waals surface area contributed by atoms with Crippen molar-refractivity contribution in [1.82, 2.24) is 0 Å². The largest absolute Gasteiger partial charge is 0.573 e. The van der Waals surface area contributed by atoms with Crippen LogP contribution < -0.4 is 10.5 Å². The summed E-state index contributed by atoms with van der Waals surface area (Å²) in [6, 6.07) is 9.04. The first-order valence-electron chi connectivity index (χ1n) is 5.27. The summed E-state index contributed by atoms with van der Waals surface area (Å²) in [6.07, 6.45) is -4.75. The average Bonchev–Trinajstić information content (AvgIpc) is 2.29. The second kappa shape index (κ2) is 4.79. The van der Waals surface area contributed by atoms with Crippen LogP contribution in [0.25, 0.3) is 11.1 Å². The molecule has 0 saturated carbocycles. The SMILES string of the molecule is Nc1cccc(F)c1-c1ccc(OC(F)(F)F)cc1. The number of hydrogen-bond acceptors (Lipinski definition) is 2. The molecule has 0 unspecified atom stereocenters. The normalized spacial score (nSPS) is 11.4. The fraction of sp³-hybridized carbons (Fsp3) is 0.0769. The van der Waals surface area contributed by atoms with Crippen molar-refractivity contribution in [2.24, 2.45) is 0 Å².